The van der Waals surface area contributed by atoms with Crippen molar-refractivity contribution in [2.24, 2.45) is 5.92 Å². The highest BCUT2D eigenvalue weighted by molar-refractivity contribution is 7.38. The van der Waals surface area contributed by atoms with Crippen molar-refractivity contribution in [3.63, 3.8) is 0 Å². The average Bonchev–Trinajstić information content (AvgIpc) is 1.82. The van der Waals surface area contributed by atoms with Crippen LogP contribution in [0, 0.1) is 5.92 Å². The maximum Gasteiger partial charge on any atom is 0.506 e. The summed E-state index contributed by atoms with van der Waals surface area (Å²) in [4.78, 5) is 8.45. The highest BCUT2D eigenvalue weighted by Gasteiger charge is 2.15. The van der Waals surface area contributed by atoms with Crippen LogP contribution >= 0.6 is 8.03 Å². The maximum atomic E-state index is 10.2. The predicted octanol–water partition coefficient (Wildman–Crippen LogP) is 1.93. The molecule has 3 heteroatoms. The highest BCUT2D eigenvalue weighted by atomic mass is 31.1. The summed E-state index contributed by atoms with van der Waals surface area (Å²) in [5.74, 6) is 0.207. The second-order valence-electron chi connectivity index (χ2n) is 1.94. The summed E-state index contributed by atoms with van der Waals surface area (Å²) < 4.78 is 10.2. The van der Waals surface area contributed by atoms with Crippen molar-refractivity contribution >= 4 is 8.03 Å². The standard InChI is InChI=1S/C6H11O2P/c1-3-6(4-2)5-9(7)8/h3,6H,1,4-5H2,2H3/p+1. The molecule has 0 aliphatic heterocycles. The minimum atomic E-state index is -1.97. The van der Waals surface area contributed by atoms with Crippen molar-refractivity contribution in [2.75, 3.05) is 6.16 Å². The Morgan fingerprint density at radius 3 is 2.56 bits per heavy atom. The van der Waals surface area contributed by atoms with Gasteiger partial charge in [0.2, 0.25) is 0 Å². The van der Waals surface area contributed by atoms with Crippen molar-refractivity contribution in [1.82, 2.24) is 0 Å². The quantitative estimate of drug-likeness (QED) is 0.487. The molecule has 0 aromatic heterocycles. The van der Waals surface area contributed by atoms with E-state index in [2.05, 4.69) is 6.58 Å². The molecular weight excluding hydrogens is 135 g/mol. The van der Waals surface area contributed by atoms with Crippen LogP contribution in [0.4, 0.5) is 0 Å². The monoisotopic (exact) mass is 147 g/mol. The molecule has 0 bridgehead atoms. The third-order valence-corrected chi connectivity index (χ3v) is 2.03. The zero-order valence-corrected chi connectivity index (χ0v) is 6.47. The lowest BCUT2D eigenvalue weighted by Crippen LogP contribution is -1.96. The van der Waals surface area contributed by atoms with Crippen LogP contribution in [0.2, 0.25) is 0 Å². The van der Waals surface area contributed by atoms with E-state index in [1.54, 1.807) is 6.08 Å². The van der Waals surface area contributed by atoms with E-state index in [4.69, 9.17) is 4.89 Å². The molecule has 0 rings (SSSR count). The maximum absolute atomic E-state index is 10.2. The molecule has 9 heavy (non-hydrogen) atoms. The van der Waals surface area contributed by atoms with Crippen LogP contribution in [0.25, 0.3) is 0 Å². The summed E-state index contributed by atoms with van der Waals surface area (Å²) in [5, 5.41) is 0. The van der Waals surface area contributed by atoms with Crippen LogP contribution in [0.1, 0.15) is 13.3 Å². The van der Waals surface area contributed by atoms with Crippen LogP contribution in [0.5, 0.6) is 0 Å². The molecule has 0 saturated carbocycles. The summed E-state index contributed by atoms with van der Waals surface area (Å²) >= 11 is 0. The van der Waals surface area contributed by atoms with Gasteiger partial charge in [0, 0.05) is 5.92 Å². The molecule has 0 amide bonds. The van der Waals surface area contributed by atoms with E-state index in [9.17, 15) is 4.57 Å². The molecule has 2 unspecified atom stereocenters. The molecule has 0 aliphatic rings. The summed E-state index contributed by atoms with van der Waals surface area (Å²) in [6.45, 7) is 5.52. The second-order valence-corrected chi connectivity index (χ2v) is 3.01. The van der Waals surface area contributed by atoms with Crippen LogP contribution in [-0.2, 0) is 4.57 Å². The van der Waals surface area contributed by atoms with E-state index in [1.807, 2.05) is 6.92 Å². The lowest BCUT2D eigenvalue weighted by Gasteiger charge is -1.96. The average molecular weight is 147 g/mol. The molecule has 0 saturated heterocycles. The SMILES string of the molecule is C=CC(CC)C[P+](=O)O. The first-order chi connectivity index (χ1) is 4.20. The fourth-order valence-electron chi connectivity index (χ4n) is 0.571. The van der Waals surface area contributed by atoms with Crippen molar-refractivity contribution in [2.45, 2.75) is 13.3 Å². The summed E-state index contributed by atoms with van der Waals surface area (Å²) in [6, 6.07) is 0. The first-order valence-corrected chi connectivity index (χ1v) is 4.36. The van der Waals surface area contributed by atoms with Gasteiger partial charge in [0.25, 0.3) is 0 Å². The van der Waals surface area contributed by atoms with E-state index in [0.29, 0.717) is 6.16 Å². The molecule has 2 nitrogen and oxygen atoms in total. The third kappa shape index (κ3) is 4.31. The molecule has 0 aromatic carbocycles. The van der Waals surface area contributed by atoms with Crippen LogP contribution < -0.4 is 0 Å². The summed E-state index contributed by atoms with van der Waals surface area (Å²) in [5.41, 5.74) is 0. The number of hydrogen-bond donors (Lipinski definition) is 1. The van der Waals surface area contributed by atoms with Gasteiger partial charge >= 0.3 is 8.03 Å². The minimum absolute atomic E-state index is 0.207. The van der Waals surface area contributed by atoms with Gasteiger partial charge in [-0.25, -0.2) is 0 Å². The molecule has 0 aliphatic carbocycles. The van der Waals surface area contributed by atoms with Crippen molar-refractivity contribution < 1.29 is 9.46 Å². The van der Waals surface area contributed by atoms with Gasteiger partial charge in [0.1, 0.15) is 0 Å². The normalized spacial score (nSPS) is 14.7. The van der Waals surface area contributed by atoms with Gasteiger partial charge in [-0.3, -0.25) is 0 Å². The number of allylic oxidation sites excluding steroid dienone is 1. The molecule has 1 N–H and O–H groups in total. The lowest BCUT2D eigenvalue weighted by atomic mass is 10.1. The molecule has 52 valence electrons. The zero-order chi connectivity index (χ0) is 7.28. The van der Waals surface area contributed by atoms with Crippen molar-refractivity contribution in [3.8, 4) is 0 Å². The molecule has 2 atom stereocenters. The van der Waals surface area contributed by atoms with Gasteiger partial charge in [0.05, 0.1) is 0 Å². The number of hydrogen-bond acceptors (Lipinski definition) is 1. The van der Waals surface area contributed by atoms with E-state index < -0.39 is 8.03 Å². The van der Waals surface area contributed by atoms with E-state index in [1.165, 1.54) is 0 Å². The molecule has 0 heterocycles. The van der Waals surface area contributed by atoms with Crippen molar-refractivity contribution in [3.05, 3.63) is 12.7 Å². The van der Waals surface area contributed by atoms with Crippen molar-refractivity contribution in [1.29, 1.82) is 0 Å². The van der Waals surface area contributed by atoms with Gasteiger partial charge in [0.15, 0.2) is 6.16 Å². The van der Waals surface area contributed by atoms with Gasteiger partial charge in [-0.15, -0.1) is 6.58 Å². The Morgan fingerprint density at radius 2 is 2.44 bits per heavy atom. The van der Waals surface area contributed by atoms with Gasteiger partial charge in [-0.05, 0) is 11.0 Å². The predicted molar refractivity (Wildman–Crippen MR) is 38.7 cm³/mol. The number of rotatable bonds is 4. The fraction of sp³-hybridized carbons (Fsp3) is 0.667. The second kappa shape index (κ2) is 4.66. The Morgan fingerprint density at radius 1 is 1.89 bits per heavy atom. The van der Waals surface area contributed by atoms with Gasteiger partial charge in [-0.1, -0.05) is 13.0 Å². The Kier molecular flexibility index (Phi) is 4.55. The van der Waals surface area contributed by atoms with Crippen LogP contribution in [0.15, 0.2) is 12.7 Å². The van der Waals surface area contributed by atoms with E-state index >= 15 is 0 Å². The van der Waals surface area contributed by atoms with E-state index in [0.717, 1.165) is 6.42 Å². The Hall–Kier alpha value is -0.200. The molecule has 0 radical (unpaired) electrons. The first kappa shape index (κ1) is 8.80. The fourth-order valence-corrected chi connectivity index (χ4v) is 1.38. The Bertz CT molecular complexity index is 112. The van der Waals surface area contributed by atoms with Crippen LogP contribution in [-0.4, -0.2) is 11.1 Å². The third-order valence-electron chi connectivity index (χ3n) is 1.25. The van der Waals surface area contributed by atoms with Gasteiger partial charge < -0.3 is 0 Å². The highest BCUT2D eigenvalue weighted by Crippen LogP contribution is 2.20. The topological polar surface area (TPSA) is 37.3 Å². The summed E-state index contributed by atoms with van der Waals surface area (Å²) in [7, 11) is -1.97. The summed E-state index contributed by atoms with van der Waals surface area (Å²) in [6.07, 6.45) is 2.98. The van der Waals surface area contributed by atoms with Crippen LogP contribution in [0.3, 0.4) is 0 Å². The Balaban J connectivity index is 3.55. The first-order valence-electron chi connectivity index (χ1n) is 2.96. The molecular formula is C6H12O2P+. The van der Waals surface area contributed by atoms with E-state index in [-0.39, 0.29) is 5.92 Å². The minimum Gasteiger partial charge on any atom is -0.161 e. The van der Waals surface area contributed by atoms with Gasteiger partial charge in [-0.2, -0.15) is 4.89 Å². The molecule has 0 spiro atoms. The molecule has 0 fully saturated rings. The molecule has 0 aromatic rings. The lowest BCUT2D eigenvalue weighted by molar-refractivity contribution is 0.493. The smallest absolute Gasteiger partial charge is 0.161 e. The zero-order valence-electron chi connectivity index (χ0n) is 5.58. The largest absolute Gasteiger partial charge is 0.506 e. The Labute approximate surface area is 56.5 Å².